The maximum Gasteiger partial charge on any atom is 0.243 e. The van der Waals surface area contributed by atoms with Crippen LogP contribution >= 0.6 is 0 Å². The number of nitriles is 1. The molecule has 0 saturated heterocycles. The number of hydrogen-bond donors (Lipinski definition) is 1. The average Bonchev–Trinajstić information content (AvgIpc) is 2.35. The summed E-state index contributed by atoms with van der Waals surface area (Å²) in [5.41, 5.74) is 2.38. The summed E-state index contributed by atoms with van der Waals surface area (Å²) in [5.74, 6) is 0.605. The van der Waals surface area contributed by atoms with Crippen molar-refractivity contribution in [2.24, 2.45) is 5.92 Å². The van der Waals surface area contributed by atoms with Gasteiger partial charge in [0, 0.05) is 6.54 Å². The number of benzene rings is 1. The molecule has 2 rings (SSSR count). The maximum absolute atomic E-state index is 11.6. The molecule has 1 heterocycles. The van der Waals surface area contributed by atoms with E-state index in [2.05, 4.69) is 30.1 Å². The minimum atomic E-state index is 0.0102. The van der Waals surface area contributed by atoms with Crippen LogP contribution in [0.5, 0.6) is 0 Å². The molecule has 0 aromatic heterocycles. The lowest BCUT2D eigenvalue weighted by Gasteiger charge is -2.31. The molecule has 0 atom stereocenters. The third kappa shape index (κ3) is 2.62. The van der Waals surface area contributed by atoms with Gasteiger partial charge in [0.25, 0.3) is 0 Å². The first-order valence-corrected chi connectivity index (χ1v) is 6.19. The Morgan fingerprint density at radius 2 is 2.28 bits per heavy atom. The Morgan fingerprint density at radius 1 is 1.50 bits per heavy atom. The predicted molar refractivity (Wildman–Crippen MR) is 71.5 cm³/mol. The monoisotopic (exact) mass is 243 g/mol. The molecule has 1 N–H and O–H groups in total. The van der Waals surface area contributed by atoms with E-state index in [4.69, 9.17) is 5.26 Å². The summed E-state index contributed by atoms with van der Waals surface area (Å²) < 4.78 is 0. The van der Waals surface area contributed by atoms with E-state index in [1.165, 1.54) is 0 Å². The van der Waals surface area contributed by atoms with Gasteiger partial charge in [-0.15, -0.1) is 0 Å². The van der Waals surface area contributed by atoms with E-state index in [1.807, 2.05) is 6.07 Å². The third-order valence-corrected chi connectivity index (χ3v) is 3.05. The normalized spacial score (nSPS) is 14.1. The molecule has 0 unspecified atom stereocenters. The van der Waals surface area contributed by atoms with E-state index in [-0.39, 0.29) is 5.91 Å². The summed E-state index contributed by atoms with van der Waals surface area (Å²) in [5, 5.41) is 11.8. The first-order valence-electron chi connectivity index (χ1n) is 6.19. The summed E-state index contributed by atoms with van der Waals surface area (Å²) in [7, 11) is 0. The molecular formula is C14H17N3O. The Labute approximate surface area is 107 Å². The maximum atomic E-state index is 11.6. The van der Waals surface area contributed by atoms with E-state index in [9.17, 15) is 4.79 Å². The minimum Gasteiger partial charge on any atom is -0.360 e. The molecule has 0 bridgehead atoms. The van der Waals surface area contributed by atoms with E-state index in [1.54, 1.807) is 12.1 Å². The van der Waals surface area contributed by atoms with Crippen molar-refractivity contribution in [3.63, 3.8) is 0 Å². The summed E-state index contributed by atoms with van der Waals surface area (Å²) >= 11 is 0. The first kappa shape index (κ1) is 12.4. The Kier molecular flexibility index (Phi) is 3.52. The lowest BCUT2D eigenvalue weighted by atomic mass is 10.1. The molecule has 4 nitrogen and oxygen atoms in total. The van der Waals surface area contributed by atoms with Gasteiger partial charge >= 0.3 is 0 Å². The smallest absolute Gasteiger partial charge is 0.243 e. The van der Waals surface area contributed by atoms with Gasteiger partial charge in [-0.2, -0.15) is 5.26 Å². The second-order valence-corrected chi connectivity index (χ2v) is 5.00. The SMILES string of the molecule is CC(C)CCN1CC(=O)Nc2ccc(C#N)cc21. The summed E-state index contributed by atoms with van der Waals surface area (Å²) in [6, 6.07) is 7.50. The number of carbonyl (C=O) groups excluding carboxylic acids is 1. The van der Waals surface area contributed by atoms with Crippen molar-refractivity contribution in [1.29, 1.82) is 5.26 Å². The van der Waals surface area contributed by atoms with Crippen molar-refractivity contribution >= 4 is 17.3 Å². The average molecular weight is 243 g/mol. The highest BCUT2D eigenvalue weighted by molar-refractivity contribution is 6.01. The molecule has 1 aliphatic heterocycles. The number of rotatable bonds is 3. The zero-order chi connectivity index (χ0) is 13.1. The predicted octanol–water partition coefficient (Wildman–Crippen LogP) is 2.36. The van der Waals surface area contributed by atoms with Crippen LogP contribution in [-0.4, -0.2) is 19.0 Å². The lowest BCUT2D eigenvalue weighted by Crippen LogP contribution is -2.39. The standard InChI is InChI=1S/C14H17N3O/c1-10(2)5-6-17-9-14(18)16-12-4-3-11(8-15)7-13(12)17/h3-4,7,10H,5-6,9H2,1-2H3,(H,16,18). The van der Waals surface area contributed by atoms with Crippen LogP contribution in [0.3, 0.4) is 0 Å². The number of anilines is 2. The zero-order valence-electron chi connectivity index (χ0n) is 10.7. The second-order valence-electron chi connectivity index (χ2n) is 5.00. The van der Waals surface area contributed by atoms with Gasteiger partial charge in [0.1, 0.15) is 0 Å². The van der Waals surface area contributed by atoms with Crippen molar-refractivity contribution in [3.8, 4) is 6.07 Å². The van der Waals surface area contributed by atoms with Crippen molar-refractivity contribution in [2.45, 2.75) is 20.3 Å². The van der Waals surface area contributed by atoms with Gasteiger partial charge in [0.2, 0.25) is 5.91 Å². The molecule has 0 fully saturated rings. The van der Waals surface area contributed by atoms with Crippen molar-refractivity contribution in [3.05, 3.63) is 23.8 Å². The Balaban J connectivity index is 2.28. The quantitative estimate of drug-likeness (QED) is 0.886. The van der Waals surface area contributed by atoms with Crippen LogP contribution in [0.2, 0.25) is 0 Å². The Hall–Kier alpha value is -2.02. The second kappa shape index (κ2) is 5.09. The van der Waals surface area contributed by atoms with Crippen LogP contribution in [0.1, 0.15) is 25.8 Å². The van der Waals surface area contributed by atoms with E-state index in [0.717, 1.165) is 24.3 Å². The van der Waals surface area contributed by atoms with E-state index in [0.29, 0.717) is 18.0 Å². The molecule has 94 valence electrons. The number of amides is 1. The lowest BCUT2D eigenvalue weighted by molar-refractivity contribution is -0.115. The molecule has 0 radical (unpaired) electrons. The number of carbonyl (C=O) groups is 1. The van der Waals surface area contributed by atoms with E-state index >= 15 is 0 Å². The topological polar surface area (TPSA) is 56.1 Å². The van der Waals surface area contributed by atoms with Gasteiger partial charge in [-0.05, 0) is 30.5 Å². The molecule has 0 spiro atoms. The fraction of sp³-hybridized carbons (Fsp3) is 0.429. The van der Waals surface area contributed by atoms with Gasteiger partial charge in [-0.1, -0.05) is 13.8 Å². The van der Waals surface area contributed by atoms with Gasteiger partial charge in [0.15, 0.2) is 0 Å². The zero-order valence-corrected chi connectivity index (χ0v) is 10.7. The van der Waals surface area contributed by atoms with Crippen LogP contribution < -0.4 is 10.2 Å². The van der Waals surface area contributed by atoms with Crippen molar-refractivity contribution in [2.75, 3.05) is 23.3 Å². The Bertz CT molecular complexity index is 502. The minimum absolute atomic E-state index is 0.0102. The highest BCUT2D eigenvalue weighted by atomic mass is 16.2. The molecule has 1 amide bonds. The molecule has 4 heteroatoms. The highest BCUT2D eigenvalue weighted by Crippen LogP contribution is 2.30. The van der Waals surface area contributed by atoms with Crippen LogP contribution in [0.15, 0.2) is 18.2 Å². The van der Waals surface area contributed by atoms with Crippen LogP contribution in [0, 0.1) is 17.2 Å². The van der Waals surface area contributed by atoms with Gasteiger partial charge < -0.3 is 10.2 Å². The molecule has 0 saturated carbocycles. The number of nitrogens with one attached hydrogen (secondary N) is 1. The van der Waals surface area contributed by atoms with Crippen LogP contribution in [0.4, 0.5) is 11.4 Å². The molecule has 1 aromatic carbocycles. The van der Waals surface area contributed by atoms with Crippen LogP contribution in [0.25, 0.3) is 0 Å². The summed E-state index contributed by atoms with van der Waals surface area (Å²) in [4.78, 5) is 13.7. The van der Waals surface area contributed by atoms with E-state index < -0.39 is 0 Å². The summed E-state index contributed by atoms with van der Waals surface area (Å²) in [6.45, 7) is 5.54. The first-order chi connectivity index (χ1) is 8.60. The van der Waals surface area contributed by atoms with Gasteiger partial charge in [-0.25, -0.2) is 0 Å². The van der Waals surface area contributed by atoms with Gasteiger partial charge in [0.05, 0.1) is 29.6 Å². The molecule has 0 aliphatic carbocycles. The molecule has 1 aromatic rings. The fourth-order valence-corrected chi connectivity index (χ4v) is 2.03. The van der Waals surface area contributed by atoms with Crippen LogP contribution in [-0.2, 0) is 4.79 Å². The number of nitrogens with zero attached hydrogens (tertiary/aromatic N) is 2. The molecular weight excluding hydrogens is 226 g/mol. The fourth-order valence-electron chi connectivity index (χ4n) is 2.03. The molecule has 1 aliphatic rings. The van der Waals surface area contributed by atoms with Gasteiger partial charge in [-0.3, -0.25) is 4.79 Å². The van der Waals surface area contributed by atoms with Crippen molar-refractivity contribution < 1.29 is 4.79 Å². The number of fused-ring (bicyclic) bond motifs is 1. The van der Waals surface area contributed by atoms with Crippen molar-refractivity contribution in [1.82, 2.24) is 0 Å². The third-order valence-electron chi connectivity index (χ3n) is 3.05. The highest BCUT2D eigenvalue weighted by Gasteiger charge is 2.22. The Morgan fingerprint density at radius 3 is 2.94 bits per heavy atom. The number of hydrogen-bond acceptors (Lipinski definition) is 3. The molecule has 18 heavy (non-hydrogen) atoms. The largest absolute Gasteiger partial charge is 0.360 e. The summed E-state index contributed by atoms with van der Waals surface area (Å²) in [6.07, 6.45) is 1.03.